The first-order valence-electron chi connectivity index (χ1n) is 6.35. The maximum atomic E-state index is 4.91. The van der Waals surface area contributed by atoms with Crippen LogP contribution in [0.15, 0.2) is 60.7 Å². The molecule has 0 radical (unpaired) electrons. The Kier molecular flexibility index (Phi) is 3.63. The number of fused-ring (bicyclic) bond motifs is 1. The number of hydrogen-bond donors (Lipinski definition) is 1. The minimum absolute atomic E-state index is 0.635. The van der Waals surface area contributed by atoms with Crippen LogP contribution in [0.1, 0.15) is 5.56 Å². The third-order valence-electron chi connectivity index (χ3n) is 3.33. The highest BCUT2D eigenvalue weighted by atomic mass is 32.1. The molecule has 0 aromatic heterocycles. The van der Waals surface area contributed by atoms with E-state index in [9.17, 15) is 0 Å². The maximum absolute atomic E-state index is 4.91. The number of hydrogen-bond acceptors (Lipinski definition) is 3. The summed E-state index contributed by atoms with van der Waals surface area (Å²) in [7, 11) is 0. The Hall–Kier alpha value is -1.97. The van der Waals surface area contributed by atoms with Gasteiger partial charge < -0.3 is 4.89 Å². The van der Waals surface area contributed by atoms with Crippen LogP contribution >= 0.6 is 12.9 Å². The third kappa shape index (κ3) is 2.64. The Morgan fingerprint density at radius 3 is 2.15 bits per heavy atom. The van der Waals surface area contributed by atoms with Crippen LogP contribution in [0.2, 0.25) is 0 Å². The Morgan fingerprint density at radius 1 is 0.750 bits per heavy atom. The fourth-order valence-corrected chi connectivity index (χ4v) is 2.33. The second-order valence-electron chi connectivity index (χ2n) is 4.75. The van der Waals surface area contributed by atoms with Gasteiger partial charge >= 0.3 is 0 Å². The molecule has 0 aliphatic carbocycles. The topological polar surface area (TPSA) is 18.5 Å². The van der Waals surface area contributed by atoms with Gasteiger partial charge in [0.2, 0.25) is 0 Å². The van der Waals surface area contributed by atoms with Crippen molar-refractivity contribution >= 4 is 23.7 Å². The normalized spacial score (nSPS) is 10.7. The SMILES string of the molecule is Cc1ccc(-c2ccc3cc(OOS)ccc3c2)cc1. The summed E-state index contributed by atoms with van der Waals surface area (Å²) in [5, 5.41) is 2.26. The fourth-order valence-electron chi connectivity index (χ4n) is 2.24. The van der Waals surface area contributed by atoms with Crippen molar-refractivity contribution in [3.63, 3.8) is 0 Å². The first kappa shape index (κ1) is 13.0. The lowest BCUT2D eigenvalue weighted by molar-refractivity contribution is -0.0740. The second kappa shape index (κ2) is 5.57. The molecule has 0 unspecified atom stereocenters. The van der Waals surface area contributed by atoms with E-state index in [1.165, 1.54) is 16.7 Å². The molecule has 0 fully saturated rings. The van der Waals surface area contributed by atoms with Gasteiger partial charge in [-0.25, -0.2) is 0 Å². The summed E-state index contributed by atoms with van der Waals surface area (Å²) >= 11 is 3.58. The van der Waals surface area contributed by atoms with E-state index in [-0.39, 0.29) is 0 Å². The zero-order valence-electron chi connectivity index (χ0n) is 11.0. The van der Waals surface area contributed by atoms with Crippen LogP contribution in [-0.4, -0.2) is 0 Å². The highest BCUT2D eigenvalue weighted by Gasteiger charge is 2.02. The predicted octanol–water partition coefficient (Wildman–Crippen LogP) is 4.97. The monoisotopic (exact) mass is 282 g/mol. The van der Waals surface area contributed by atoms with E-state index in [1.54, 1.807) is 0 Å². The molecule has 3 aromatic carbocycles. The molecule has 3 rings (SSSR count). The van der Waals surface area contributed by atoms with Crippen LogP contribution in [0, 0.1) is 6.92 Å². The molecule has 0 saturated heterocycles. The zero-order chi connectivity index (χ0) is 13.9. The van der Waals surface area contributed by atoms with Gasteiger partial charge in [0.15, 0.2) is 5.75 Å². The van der Waals surface area contributed by atoms with Gasteiger partial charge in [-0.3, -0.25) is 0 Å². The largest absolute Gasteiger partial charge is 0.325 e. The molecule has 0 N–H and O–H groups in total. The molecular weight excluding hydrogens is 268 g/mol. The van der Waals surface area contributed by atoms with E-state index < -0.39 is 0 Å². The molecule has 0 heterocycles. The van der Waals surface area contributed by atoms with Crippen molar-refractivity contribution < 1.29 is 9.22 Å². The van der Waals surface area contributed by atoms with Crippen molar-refractivity contribution in [1.82, 2.24) is 0 Å². The van der Waals surface area contributed by atoms with Crippen LogP contribution in [0.4, 0.5) is 0 Å². The van der Waals surface area contributed by atoms with Crippen molar-refractivity contribution in [2.45, 2.75) is 6.92 Å². The van der Waals surface area contributed by atoms with Gasteiger partial charge in [-0.2, -0.15) is 0 Å². The van der Waals surface area contributed by atoms with Gasteiger partial charge in [-0.1, -0.05) is 48.0 Å². The van der Waals surface area contributed by atoms with Gasteiger partial charge in [0.25, 0.3) is 0 Å². The van der Waals surface area contributed by atoms with E-state index in [2.05, 4.69) is 66.6 Å². The van der Waals surface area contributed by atoms with E-state index in [0.29, 0.717) is 5.75 Å². The highest BCUT2D eigenvalue weighted by Crippen LogP contribution is 2.27. The third-order valence-corrected chi connectivity index (χ3v) is 3.40. The van der Waals surface area contributed by atoms with Gasteiger partial charge in [0.05, 0.1) is 0 Å². The maximum Gasteiger partial charge on any atom is 0.167 e. The minimum Gasteiger partial charge on any atom is -0.325 e. The Bertz CT molecular complexity index is 736. The first-order valence-corrected chi connectivity index (χ1v) is 6.72. The Morgan fingerprint density at radius 2 is 1.40 bits per heavy atom. The quantitative estimate of drug-likeness (QED) is 0.316. The summed E-state index contributed by atoms with van der Waals surface area (Å²) in [5.41, 5.74) is 3.69. The standard InChI is InChI=1S/C17H14O2S/c1-12-2-4-13(5-3-12)14-6-7-16-11-17(18-19-20)9-8-15(16)10-14/h2-11,20H,1H3. The lowest BCUT2D eigenvalue weighted by Gasteiger charge is -2.06. The summed E-state index contributed by atoms with van der Waals surface area (Å²) in [6.45, 7) is 2.09. The van der Waals surface area contributed by atoms with E-state index in [0.717, 1.165) is 10.8 Å². The molecule has 3 heteroatoms. The van der Waals surface area contributed by atoms with Crippen LogP contribution in [0.3, 0.4) is 0 Å². The van der Waals surface area contributed by atoms with Crippen LogP contribution in [0.25, 0.3) is 21.9 Å². The molecule has 0 saturated carbocycles. The summed E-state index contributed by atoms with van der Waals surface area (Å²) in [5.74, 6) is 0.635. The molecule has 100 valence electrons. The predicted molar refractivity (Wildman–Crippen MR) is 84.8 cm³/mol. The molecule has 3 aromatic rings. The molecule has 2 nitrogen and oxygen atoms in total. The molecule has 0 atom stereocenters. The van der Waals surface area contributed by atoms with Gasteiger partial charge in [0.1, 0.15) is 0 Å². The van der Waals surface area contributed by atoms with Gasteiger partial charge in [0, 0.05) is 12.9 Å². The minimum atomic E-state index is 0.635. The first-order chi connectivity index (χ1) is 9.76. The molecule has 20 heavy (non-hydrogen) atoms. The average Bonchev–Trinajstić information content (AvgIpc) is 2.48. The summed E-state index contributed by atoms with van der Waals surface area (Å²) in [6, 6.07) is 20.7. The molecular formula is C17H14O2S. The van der Waals surface area contributed by atoms with Crippen molar-refractivity contribution in [2.24, 2.45) is 0 Å². The van der Waals surface area contributed by atoms with Crippen molar-refractivity contribution in [3.8, 4) is 16.9 Å². The Balaban J connectivity index is 2.02. The molecule has 0 aliphatic heterocycles. The second-order valence-corrected chi connectivity index (χ2v) is 4.90. The van der Waals surface area contributed by atoms with Crippen LogP contribution in [0.5, 0.6) is 5.75 Å². The Labute approximate surface area is 123 Å². The number of thiol groups is 1. The summed E-state index contributed by atoms with van der Waals surface area (Å²) < 4.78 is 4.38. The zero-order valence-corrected chi connectivity index (χ0v) is 11.9. The lowest BCUT2D eigenvalue weighted by atomic mass is 10.0. The van der Waals surface area contributed by atoms with Crippen molar-refractivity contribution in [1.29, 1.82) is 0 Å². The average molecular weight is 282 g/mol. The van der Waals surface area contributed by atoms with E-state index >= 15 is 0 Å². The smallest absolute Gasteiger partial charge is 0.167 e. The molecule has 0 spiro atoms. The van der Waals surface area contributed by atoms with Gasteiger partial charge in [-0.15, -0.1) is 4.33 Å². The summed E-state index contributed by atoms with van der Waals surface area (Å²) in [4.78, 5) is 4.91. The van der Waals surface area contributed by atoms with Crippen molar-refractivity contribution in [3.05, 3.63) is 66.2 Å². The molecule has 0 aliphatic rings. The number of benzene rings is 3. The number of rotatable bonds is 3. The van der Waals surface area contributed by atoms with Gasteiger partial charge in [-0.05, 0) is 47.0 Å². The van der Waals surface area contributed by atoms with Crippen LogP contribution < -0.4 is 4.89 Å². The van der Waals surface area contributed by atoms with Crippen molar-refractivity contribution in [2.75, 3.05) is 0 Å². The highest BCUT2D eigenvalue weighted by molar-refractivity contribution is 7.74. The summed E-state index contributed by atoms with van der Waals surface area (Å²) in [6.07, 6.45) is 0. The van der Waals surface area contributed by atoms with Crippen LogP contribution in [-0.2, 0) is 4.33 Å². The van der Waals surface area contributed by atoms with E-state index in [4.69, 9.17) is 4.89 Å². The van der Waals surface area contributed by atoms with E-state index in [1.807, 2.05) is 18.2 Å². The fraction of sp³-hybridized carbons (Fsp3) is 0.0588. The number of aryl methyl sites for hydroxylation is 1. The molecule has 0 amide bonds. The molecule has 0 bridgehead atoms. The lowest BCUT2D eigenvalue weighted by Crippen LogP contribution is -1.86.